The van der Waals surface area contributed by atoms with Crippen LogP contribution >= 0.6 is 0 Å². The van der Waals surface area contributed by atoms with E-state index < -0.39 is 0 Å². The van der Waals surface area contributed by atoms with E-state index in [1.54, 1.807) is 0 Å². The van der Waals surface area contributed by atoms with E-state index in [-0.39, 0.29) is 6.10 Å². The zero-order valence-corrected chi connectivity index (χ0v) is 7.98. The van der Waals surface area contributed by atoms with Crippen molar-refractivity contribution in [1.82, 2.24) is 9.55 Å². The number of imidazole rings is 1. The van der Waals surface area contributed by atoms with E-state index in [0.717, 1.165) is 31.5 Å². The highest BCUT2D eigenvalue weighted by molar-refractivity contribution is 4.95. The largest absolute Gasteiger partial charge is 0.393 e. The topological polar surface area (TPSA) is 38.0 Å². The predicted molar refractivity (Wildman–Crippen MR) is 50.3 cm³/mol. The molecule has 0 aromatic carbocycles. The molecule has 72 valence electrons. The van der Waals surface area contributed by atoms with Gasteiger partial charge in [0.05, 0.1) is 6.10 Å². The maximum Gasteiger partial charge on any atom is 0.108 e. The van der Waals surface area contributed by atoms with Gasteiger partial charge in [-0.25, -0.2) is 4.98 Å². The van der Waals surface area contributed by atoms with Crippen molar-refractivity contribution in [2.45, 2.75) is 31.8 Å². The minimum absolute atomic E-state index is 0.100. The number of aliphatic hydroxyl groups is 1. The Morgan fingerprint density at radius 3 is 3.00 bits per heavy atom. The van der Waals surface area contributed by atoms with Crippen molar-refractivity contribution in [3.05, 3.63) is 18.2 Å². The Hall–Kier alpha value is -0.830. The van der Waals surface area contributed by atoms with Gasteiger partial charge in [0.2, 0.25) is 0 Å². The van der Waals surface area contributed by atoms with Gasteiger partial charge in [-0.15, -0.1) is 0 Å². The molecule has 1 N–H and O–H groups in total. The Morgan fingerprint density at radius 1 is 1.62 bits per heavy atom. The fraction of sp³-hybridized carbons (Fsp3) is 0.700. The summed E-state index contributed by atoms with van der Waals surface area (Å²) in [5.41, 5.74) is 0. The summed E-state index contributed by atoms with van der Waals surface area (Å²) >= 11 is 0. The van der Waals surface area contributed by atoms with Crippen LogP contribution in [-0.2, 0) is 13.5 Å². The van der Waals surface area contributed by atoms with Crippen LogP contribution in [0.3, 0.4) is 0 Å². The summed E-state index contributed by atoms with van der Waals surface area (Å²) in [7, 11) is 2.00. The zero-order valence-electron chi connectivity index (χ0n) is 7.98. The summed E-state index contributed by atoms with van der Waals surface area (Å²) in [6.45, 7) is 0. The smallest absolute Gasteiger partial charge is 0.108 e. The number of hydrogen-bond donors (Lipinski definition) is 1. The first kappa shape index (κ1) is 8.75. The highest BCUT2D eigenvalue weighted by atomic mass is 16.3. The Morgan fingerprint density at radius 2 is 2.46 bits per heavy atom. The lowest BCUT2D eigenvalue weighted by molar-refractivity contribution is 0.131. The normalized spacial score (nSPS) is 28.2. The third-order valence-electron chi connectivity index (χ3n) is 2.98. The molecule has 1 heterocycles. The number of aryl methyl sites for hydroxylation is 1. The lowest BCUT2D eigenvalue weighted by Gasteiger charge is -2.13. The molecule has 1 aromatic rings. The average Bonchev–Trinajstić information content (AvgIpc) is 2.65. The maximum atomic E-state index is 9.64. The second kappa shape index (κ2) is 3.50. The molecule has 3 heteroatoms. The highest BCUT2D eigenvalue weighted by Crippen LogP contribution is 2.27. The van der Waals surface area contributed by atoms with Crippen LogP contribution in [-0.4, -0.2) is 20.8 Å². The van der Waals surface area contributed by atoms with Crippen molar-refractivity contribution in [2.24, 2.45) is 13.0 Å². The van der Waals surface area contributed by atoms with E-state index in [9.17, 15) is 5.11 Å². The fourth-order valence-corrected chi connectivity index (χ4v) is 2.08. The first-order valence-electron chi connectivity index (χ1n) is 4.91. The first-order chi connectivity index (χ1) is 6.27. The Balaban J connectivity index is 2.01. The fourth-order valence-electron chi connectivity index (χ4n) is 2.08. The lowest BCUT2D eigenvalue weighted by atomic mass is 10.0. The molecule has 0 saturated heterocycles. The summed E-state index contributed by atoms with van der Waals surface area (Å²) < 4.78 is 2.03. The molecule has 1 saturated carbocycles. The van der Waals surface area contributed by atoms with Crippen molar-refractivity contribution in [1.29, 1.82) is 0 Å². The van der Waals surface area contributed by atoms with Gasteiger partial charge in [0.15, 0.2) is 0 Å². The van der Waals surface area contributed by atoms with Gasteiger partial charge in [-0.1, -0.05) is 6.42 Å². The predicted octanol–water partition coefficient (Wildman–Crippen LogP) is 1.12. The van der Waals surface area contributed by atoms with Crippen LogP contribution in [0.2, 0.25) is 0 Å². The van der Waals surface area contributed by atoms with E-state index in [1.165, 1.54) is 0 Å². The van der Waals surface area contributed by atoms with Gasteiger partial charge >= 0.3 is 0 Å². The molecule has 13 heavy (non-hydrogen) atoms. The van der Waals surface area contributed by atoms with Gasteiger partial charge in [0.1, 0.15) is 5.82 Å². The van der Waals surface area contributed by atoms with Gasteiger partial charge in [0, 0.05) is 25.9 Å². The van der Waals surface area contributed by atoms with Gasteiger partial charge in [0.25, 0.3) is 0 Å². The quantitative estimate of drug-likeness (QED) is 0.740. The van der Waals surface area contributed by atoms with Gasteiger partial charge in [-0.05, 0) is 18.8 Å². The molecule has 0 spiro atoms. The third-order valence-corrected chi connectivity index (χ3v) is 2.98. The van der Waals surface area contributed by atoms with Crippen molar-refractivity contribution in [3.8, 4) is 0 Å². The molecule has 0 radical (unpaired) electrons. The SMILES string of the molecule is Cn1ccnc1C[C@@H]1CCC[C@H]1O. The standard InChI is InChI=1S/C10H16N2O/c1-12-6-5-11-10(12)7-8-3-2-4-9(8)13/h5-6,8-9,13H,2-4,7H2,1H3/t8-,9+/m0/s1. The lowest BCUT2D eigenvalue weighted by Crippen LogP contribution is -2.17. The maximum absolute atomic E-state index is 9.64. The molecule has 2 atom stereocenters. The average molecular weight is 180 g/mol. The third kappa shape index (κ3) is 1.75. The minimum Gasteiger partial charge on any atom is -0.393 e. The van der Waals surface area contributed by atoms with Crippen molar-refractivity contribution >= 4 is 0 Å². The molecule has 2 rings (SSSR count). The molecular weight excluding hydrogens is 164 g/mol. The highest BCUT2D eigenvalue weighted by Gasteiger charge is 2.26. The van der Waals surface area contributed by atoms with Crippen LogP contribution in [0.4, 0.5) is 0 Å². The number of aromatic nitrogens is 2. The van der Waals surface area contributed by atoms with E-state index in [1.807, 2.05) is 24.0 Å². The second-order valence-electron chi connectivity index (χ2n) is 3.92. The summed E-state index contributed by atoms with van der Waals surface area (Å²) in [5, 5.41) is 9.64. The molecule has 0 bridgehead atoms. The van der Waals surface area contributed by atoms with Gasteiger partial charge in [-0.2, -0.15) is 0 Å². The molecule has 1 aliphatic carbocycles. The summed E-state index contributed by atoms with van der Waals surface area (Å²) in [6, 6.07) is 0. The van der Waals surface area contributed by atoms with E-state index in [0.29, 0.717) is 5.92 Å². The molecule has 0 aliphatic heterocycles. The second-order valence-corrected chi connectivity index (χ2v) is 3.92. The van der Waals surface area contributed by atoms with Crippen LogP contribution < -0.4 is 0 Å². The van der Waals surface area contributed by atoms with Crippen LogP contribution in [0, 0.1) is 5.92 Å². The number of aliphatic hydroxyl groups excluding tert-OH is 1. The minimum atomic E-state index is -0.100. The summed E-state index contributed by atoms with van der Waals surface area (Å²) in [4.78, 5) is 4.27. The molecule has 1 fully saturated rings. The van der Waals surface area contributed by atoms with Gasteiger partial charge in [-0.3, -0.25) is 0 Å². The molecule has 3 nitrogen and oxygen atoms in total. The summed E-state index contributed by atoms with van der Waals surface area (Å²) in [5.74, 6) is 1.52. The van der Waals surface area contributed by atoms with Gasteiger partial charge < -0.3 is 9.67 Å². The number of nitrogens with zero attached hydrogens (tertiary/aromatic N) is 2. The Kier molecular flexibility index (Phi) is 2.36. The molecule has 1 aromatic heterocycles. The van der Waals surface area contributed by atoms with Crippen LogP contribution in [0.25, 0.3) is 0 Å². The van der Waals surface area contributed by atoms with Crippen LogP contribution in [0.1, 0.15) is 25.1 Å². The molecule has 1 aliphatic rings. The van der Waals surface area contributed by atoms with Crippen LogP contribution in [0.5, 0.6) is 0 Å². The molecule has 0 amide bonds. The Labute approximate surface area is 78.4 Å². The molecular formula is C10H16N2O. The summed E-state index contributed by atoms with van der Waals surface area (Å²) in [6.07, 6.45) is 7.87. The number of rotatable bonds is 2. The van der Waals surface area contributed by atoms with E-state index >= 15 is 0 Å². The first-order valence-corrected chi connectivity index (χ1v) is 4.91. The van der Waals surface area contributed by atoms with E-state index in [4.69, 9.17) is 0 Å². The molecule has 0 unspecified atom stereocenters. The van der Waals surface area contributed by atoms with E-state index in [2.05, 4.69) is 4.98 Å². The zero-order chi connectivity index (χ0) is 9.26. The number of hydrogen-bond acceptors (Lipinski definition) is 2. The Bertz CT molecular complexity index is 282. The van der Waals surface area contributed by atoms with Crippen molar-refractivity contribution in [2.75, 3.05) is 0 Å². The van der Waals surface area contributed by atoms with Crippen molar-refractivity contribution in [3.63, 3.8) is 0 Å². The van der Waals surface area contributed by atoms with Crippen LogP contribution in [0.15, 0.2) is 12.4 Å². The monoisotopic (exact) mass is 180 g/mol. The van der Waals surface area contributed by atoms with Crippen molar-refractivity contribution < 1.29 is 5.11 Å².